The number of nitrogens with one attached hydrogen (secondary N) is 1. The van der Waals surface area contributed by atoms with E-state index in [4.69, 9.17) is 9.47 Å². The summed E-state index contributed by atoms with van der Waals surface area (Å²) in [6.45, 7) is 0.356. The highest BCUT2D eigenvalue weighted by atomic mass is 16.5. The van der Waals surface area contributed by atoms with Crippen LogP contribution in [0.2, 0.25) is 0 Å². The first-order valence-corrected chi connectivity index (χ1v) is 7.43. The summed E-state index contributed by atoms with van der Waals surface area (Å²) in [6, 6.07) is 14.9. The van der Waals surface area contributed by atoms with Crippen molar-refractivity contribution in [1.29, 1.82) is 0 Å². The van der Waals surface area contributed by atoms with Gasteiger partial charge in [-0.3, -0.25) is 4.79 Å². The van der Waals surface area contributed by atoms with E-state index in [0.717, 1.165) is 16.7 Å². The first kappa shape index (κ1) is 15.7. The average Bonchev–Trinajstić information content (AvgIpc) is 2.65. The number of rotatable bonds is 5. The van der Waals surface area contributed by atoms with Crippen molar-refractivity contribution in [1.82, 2.24) is 15.3 Å². The molecule has 3 aromatic rings. The van der Waals surface area contributed by atoms with Gasteiger partial charge in [-0.05, 0) is 29.8 Å². The summed E-state index contributed by atoms with van der Waals surface area (Å²) in [5.41, 5.74) is 1.59. The molecule has 0 aliphatic heterocycles. The van der Waals surface area contributed by atoms with Gasteiger partial charge in [0.15, 0.2) is 0 Å². The predicted molar refractivity (Wildman–Crippen MR) is 90.3 cm³/mol. The van der Waals surface area contributed by atoms with Crippen LogP contribution in [0.1, 0.15) is 16.2 Å². The van der Waals surface area contributed by atoms with E-state index in [0.29, 0.717) is 17.9 Å². The highest BCUT2D eigenvalue weighted by molar-refractivity contribution is 5.94. The average molecular weight is 323 g/mol. The van der Waals surface area contributed by atoms with E-state index in [1.165, 1.54) is 7.11 Å². The summed E-state index contributed by atoms with van der Waals surface area (Å²) >= 11 is 0. The molecule has 6 heteroatoms. The van der Waals surface area contributed by atoms with Crippen molar-refractivity contribution in [3.05, 3.63) is 59.9 Å². The fourth-order valence-corrected chi connectivity index (χ4v) is 2.35. The highest BCUT2D eigenvalue weighted by Crippen LogP contribution is 2.21. The Morgan fingerprint density at radius 1 is 1.04 bits per heavy atom. The largest absolute Gasteiger partial charge is 0.497 e. The number of benzene rings is 2. The number of carbonyl (C=O) groups excluding carboxylic acids is 1. The molecule has 0 saturated heterocycles. The molecule has 6 nitrogen and oxygen atoms in total. The number of amides is 1. The Balaban J connectivity index is 1.80. The molecule has 1 aromatic heterocycles. The third kappa shape index (κ3) is 3.27. The topological polar surface area (TPSA) is 73.3 Å². The molecule has 0 unspecified atom stereocenters. The third-order valence-electron chi connectivity index (χ3n) is 3.55. The van der Waals surface area contributed by atoms with Crippen LogP contribution in [0.3, 0.4) is 0 Å². The molecule has 0 aliphatic rings. The number of hydrogen-bond donors (Lipinski definition) is 1. The monoisotopic (exact) mass is 323 g/mol. The van der Waals surface area contributed by atoms with Crippen LogP contribution in [-0.4, -0.2) is 30.1 Å². The van der Waals surface area contributed by atoms with Gasteiger partial charge in [0.25, 0.3) is 5.91 Å². The maximum absolute atomic E-state index is 12.4. The van der Waals surface area contributed by atoms with Gasteiger partial charge in [0.2, 0.25) is 11.7 Å². The molecule has 0 saturated carbocycles. The van der Waals surface area contributed by atoms with Gasteiger partial charge >= 0.3 is 0 Å². The lowest BCUT2D eigenvalue weighted by molar-refractivity contribution is 0.0940. The first-order valence-electron chi connectivity index (χ1n) is 7.43. The Hall–Kier alpha value is -3.15. The van der Waals surface area contributed by atoms with Gasteiger partial charge in [0, 0.05) is 6.54 Å². The molecular formula is C18H17N3O3. The molecule has 0 fully saturated rings. The van der Waals surface area contributed by atoms with E-state index in [2.05, 4.69) is 15.3 Å². The van der Waals surface area contributed by atoms with Crippen LogP contribution < -0.4 is 14.8 Å². The van der Waals surface area contributed by atoms with E-state index in [1.807, 2.05) is 48.5 Å². The number of hydrogen-bond acceptors (Lipinski definition) is 5. The lowest BCUT2D eigenvalue weighted by atomic mass is 10.2. The second-order valence-corrected chi connectivity index (χ2v) is 5.11. The van der Waals surface area contributed by atoms with Gasteiger partial charge in [0.05, 0.1) is 25.1 Å². The van der Waals surface area contributed by atoms with Crippen molar-refractivity contribution >= 4 is 16.8 Å². The fraction of sp³-hybridized carbons (Fsp3) is 0.167. The lowest BCUT2D eigenvalue weighted by Gasteiger charge is -2.08. The van der Waals surface area contributed by atoms with E-state index < -0.39 is 0 Å². The van der Waals surface area contributed by atoms with E-state index in [-0.39, 0.29) is 11.7 Å². The van der Waals surface area contributed by atoms with Gasteiger partial charge < -0.3 is 14.8 Å². The normalized spacial score (nSPS) is 10.4. The number of ether oxygens (including phenoxy) is 2. The summed E-state index contributed by atoms with van der Waals surface area (Å²) in [5, 5.41) is 3.58. The standard InChI is InChI=1S/C18H17N3O3/c1-23-13-7-5-6-12(10-13)11-19-17(22)16-20-15-9-4-3-8-14(15)18(21-16)24-2/h3-10H,11H2,1-2H3,(H,19,22). The molecule has 0 spiro atoms. The van der Waals surface area contributed by atoms with Crippen molar-refractivity contribution in [2.75, 3.05) is 14.2 Å². The molecule has 1 N–H and O–H groups in total. The van der Waals surface area contributed by atoms with E-state index in [9.17, 15) is 4.79 Å². The van der Waals surface area contributed by atoms with Crippen LogP contribution in [0.25, 0.3) is 10.9 Å². The number of nitrogens with zero attached hydrogens (tertiary/aromatic N) is 2. The summed E-state index contributed by atoms with van der Waals surface area (Å²) in [5.74, 6) is 0.841. The zero-order valence-corrected chi connectivity index (χ0v) is 13.4. The number of fused-ring (bicyclic) bond motifs is 1. The summed E-state index contributed by atoms with van der Waals surface area (Å²) in [7, 11) is 3.12. The number of aromatic nitrogens is 2. The van der Waals surface area contributed by atoms with Crippen LogP contribution in [0.4, 0.5) is 0 Å². The Morgan fingerprint density at radius 2 is 1.88 bits per heavy atom. The Kier molecular flexibility index (Phi) is 4.56. The quantitative estimate of drug-likeness (QED) is 0.781. The molecule has 24 heavy (non-hydrogen) atoms. The molecule has 122 valence electrons. The fourth-order valence-electron chi connectivity index (χ4n) is 2.35. The van der Waals surface area contributed by atoms with Crippen LogP contribution in [0.5, 0.6) is 11.6 Å². The summed E-state index contributed by atoms with van der Waals surface area (Å²) in [4.78, 5) is 20.9. The third-order valence-corrected chi connectivity index (χ3v) is 3.55. The lowest BCUT2D eigenvalue weighted by Crippen LogP contribution is -2.25. The molecule has 0 bridgehead atoms. The predicted octanol–water partition coefficient (Wildman–Crippen LogP) is 2.58. The van der Waals surface area contributed by atoms with Crippen molar-refractivity contribution < 1.29 is 14.3 Å². The smallest absolute Gasteiger partial charge is 0.289 e. The Morgan fingerprint density at radius 3 is 2.67 bits per heavy atom. The van der Waals surface area contributed by atoms with Crippen molar-refractivity contribution in [2.45, 2.75) is 6.54 Å². The van der Waals surface area contributed by atoms with Gasteiger partial charge in [0.1, 0.15) is 5.75 Å². The SMILES string of the molecule is COc1cccc(CNC(=O)c2nc(OC)c3ccccc3n2)c1. The number of carbonyl (C=O) groups is 1. The van der Waals surface area contributed by atoms with Crippen LogP contribution in [0.15, 0.2) is 48.5 Å². The zero-order valence-electron chi connectivity index (χ0n) is 13.4. The zero-order chi connectivity index (χ0) is 16.9. The van der Waals surface area contributed by atoms with Crippen molar-refractivity contribution in [2.24, 2.45) is 0 Å². The minimum atomic E-state index is -0.359. The van der Waals surface area contributed by atoms with E-state index in [1.54, 1.807) is 7.11 Å². The minimum Gasteiger partial charge on any atom is -0.497 e. The highest BCUT2D eigenvalue weighted by Gasteiger charge is 2.14. The maximum Gasteiger partial charge on any atom is 0.289 e. The van der Waals surface area contributed by atoms with Gasteiger partial charge in [-0.25, -0.2) is 4.98 Å². The molecular weight excluding hydrogens is 306 g/mol. The van der Waals surface area contributed by atoms with Gasteiger partial charge in [-0.2, -0.15) is 4.98 Å². The molecule has 1 amide bonds. The molecule has 3 rings (SSSR count). The second-order valence-electron chi connectivity index (χ2n) is 5.11. The minimum absolute atomic E-state index is 0.0773. The first-order chi connectivity index (χ1) is 11.7. The molecule has 0 radical (unpaired) electrons. The maximum atomic E-state index is 12.4. The molecule has 0 atom stereocenters. The number of para-hydroxylation sites is 1. The molecule has 0 aliphatic carbocycles. The van der Waals surface area contributed by atoms with Crippen molar-refractivity contribution in [3.63, 3.8) is 0 Å². The molecule has 1 heterocycles. The van der Waals surface area contributed by atoms with Crippen LogP contribution in [-0.2, 0) is 6.54 Å². The second kappa shape index (κ2) is 6.95. The van der Waals surface area contributed by atoms with E-state index >= 15 is 0 Å². The van der Waals surface area contributed by atoms with Gasteiger partial charge in [-0.15, -0.1) is 0 Å². The van der Waals surface area contributed by atoms with Gasteiger partial charge in [-0.1, -0.05) is 24.3 Å². The van der Waals surface area contributed by atoms with Crippen LogP contribution >= 0.6 is 0 Å². The van der Waals surface area contributed by atoms with Crippen molar-refractivity contribution in [3.8, 4) is 11.6 Å². The van der Waals surface area contributed by atoms with Crippen LogP contribution in [0, 0.1) is 0 Å². The molecule has 2 aromatic carbocycles. The summed E-state index contributed by atoms with van der Waals surface area (Å²) < 4.78 is 10.4. The summed E-state index contributed by atoms with van der Waals surface area (Å²) in [6.07, 6.45) is 0. The Labute approximate surface area is 139 Å². The Bertz CT molecular complexity index is 880. The number of methoxy groups -OCH3 is 2.